The molecule has 1 radical (unpaired) electrons. The van der Waals surface area contributed by atoms with Gasteiger partial charge in [-0.25, -0.2) is 4.39 Å². The molecule has 2 nitrogen and oxygen atoms in total. The fourth-order valence-corrected chi connectivity index (χ4v) is 2.19. The molecule has 4 heteroatoms. The van der Waals surface area contributed by atoms with Crippen molar-refractivity contribution < 1.29 is 9.13 Å². The number of pyridine rings is 1. The summed E-state index contributed by atoms with van der Waals surface area (Å²) in [6.07, 6.45) is 5.28. The molecule has 0 bridgehead atoms. The van der Waals surface area contributed by atoms with Crippen molar-refractivity contribution in [1.29, 1.82) is 0 Å². The average Bonchev–Trinajstić information content (AvgIpc) is 2.50. The molecular formula is C18H12ClFNO. The van der Waals surface area contributed by atoms with E-state index in [0.717, 1.165) is 11.1 Å². The van der Waals surface area contributed by atoms with Gasteiger partial charge in [-0.1, -0.05) is 23.7 Å². The van der Waals surface area contributed by atoms with E-state index >= 15 is 0 Å². The summed E-state index contributed by atoms with van der Waals surface area (Å²) >= 11 is 5.92. The molecule has 0 N–H and O–H groups in total. The summed E-state index contributed by atoms with van der Waals surface area (Å²) in [5, 5.41) is 0.590. The van der Waals surface area contributed by atoms with E-state index in [1.54, 1.807) is 24.5 Å². The number of hydrogen-bond acceptors (Lipinski definition) is 2. The number of rotatable bonds is 4. The lowest BCUT2D eigenvalue weighted by molar-refractivity contribution is 0.480. The molecule has 0 amide bonds. The highest BCUT2D eigenvalue weighted by Gasteiger charge is 2.02. The van der Waals surface area contributed by atoms with Gasteiger partial charge >= 0.3 is 0 Å². The van der Waals surface area contributed by atoms with Gasteiger partial charge in [0.15, 0.2) is 0 Å². The first-order valence-electron chi connectivity index (χ1n) is 6.68. The normalized spacial score (nSPS) is 10.5. The van der Waals surface area contributed by atoms with Crippen LogP contribution in [0.5, 0.6) is 11.5 Å². The van der Waals surface area contributed by atoms with Gasteiger partial charge < -0.3 is 4.74 Å². The fourth-order valence-electron chi connectivity index (χ4n) is 2.01. The maximum atomic E-state index is 12.9. The first-order valence-corrected chi connectivity index (χ1v) is 7.06. The summed E-state index contributed by atoms with van der Waals surface area (Å²) in [6, 6.07) is 15.3. The Balaban J connectivity index is 1.76. The molecule has 3 rings (SSSR count). The molecule has 0 saturated heterocycles. The molecule has 0 aliphatic carbocycles. The topological polar surface area (TPSA) is 22.1 Å². The Hall–Kier alpha value is -2.39. The van der Waals surface area contributed by atoms with Crippen LogP contribution in [-0.2, 0) is 0 Å². The van der Waals surface area contributed by atoms with Crippen molar-refractivity contribution in [2.24, 2.45) is 0 Å². The first kappa shape index (κ1) is 14.5. The van der Waals surface area contributed by atoms with E-state index in [4.69, 9.17) is 16.3 Å². The van der Waals surface area contributed by atoms with Crippen molar-refractivity contribution in [3.63, 3.8) is 0 Å². The predicted molar refractivity (Wildman–Crippen MR) is 84.7 cm³/mol. The lowest BCUT2D eigenvalue weighted by Crippen LogP contribution is -1.89. The van der Waals surface area contributed by atoms with Crippen molar-refractivity contribution >= 4 is 11.6 Å². The second-order valence-corrected chi connectivity index (χ2v) is 5.15. The molecule has 0 saturated carbocycles. The minimum absolute atomic E-state index is 0.289. The molecule has 3 aromatic rings. The third-order valence-electron chi connectivity index (χ3n) is 2.97. The Kier molecular flexibility index (Phi) is 4.35. The predicted octanol–water partition coefficient (Wildman–Crippen LogP) is 5.27. The van der Waals surface area contributed by atoms with E-state index in [1.807, 2.05) is 36.8 Å². The van der Waals surface area contributed by atoms with Crippen LogP contribution in [0.15, 0.2) is 67.0 Å². The molecule has 109 valence electrons. The largest absolute Gasteiger partial charge is 0.457 e. The molecule has 1 aromatic heterocycles. The van der Waals surface area contributed by atoms with Crippen molar-refractivity contribution in [1.82, 2.24) is 4.98 Å². The van der Waals surface area contributed by atoms with Gasteiger partial charge in [0, 0.05) is 18.8 Å². The zero-order valence-electron chi connectivity index (χ0n) is 11.5. The van der Waals surface area contributed by atoms with Gasteiger partial charge in [0.05, 0.1) is 5.02 Å². The molecule has 0 unspecified atom stereocenters. The third kappa shape index (κ3) is 3.83. The highest BCUT2D eigenvalue weighted by molar-refractivity contribution is 6.30. The Labute approximate surface area is 133 Å². The minimum atomic E-state index is -0.289. The lowest BCUT2D eigenvalue weighted by atomic mass is 10.1. The number of ether oxygens (including phenoxy) is 1. The van der Waals surface area contributed by atoms with E-state index in [1.165, 1.54) is 12.1 Å². The molecule has 0 aliphatic rings. The number of hydrogen-bond donors (Lipinski definition) is 0. The molecule has 0 fully saturated rings. The van der Waals surface area contributed by atoms with E-state index in [2.05, 4.69) is 4.98 Å². The summed E-state index contributed by atoms with van der Waals surface area (Å²) in [7, 11) is 0. The monoisotopic (exact) mass is 312 g/mol. The summed E-state index contributed by atoms with van der Waals surface area (Å²) in [6.45, 7) is 0. The zero-order valence-corrected chi connectivity index (χ0v) is 12.3. The van der Waals surface area contributed by atoms with E-state index in [0.29, 0.717) is 16.5 Å². The van der Waals surface area contributed by atoms with E-state index in [9.17, 15) is 4.39 Å². The fraction of sp³-hybridized carbons (Fsp3) is 0. The second kappa shape index (κ2) is 6.58. The van der Waals surface area contributed by atoms with Crippen molar-refractivity contribution in [3.05, 3.63) is 95.4 Å². The van der Waals surface area contributed by atoms with Gasteiger partial charge in [-0.05, 0) is 53.6 Å². The average molecular weight is 313 g/mol. The third-order valence-corrected chi connectivity index (χ3v) is 3.17. The summed E-state index contributed by atoms with van der Waals surface area (Å²) < 4.78 is 18.6. The van der Waals surface area contributed by atoms with Crippen molar-refractivity contribution in [2.75, 3.05) is 0 Å². The maximum absolute atomic E-state index is 12.9. The van der Waals surface area contributed by atoms with Crippen LogP contribution in [0.25, 0.3) is 0 Å². The van der Waals surface area contributed by atoms with Crippen LogP contribution in [-0.4, -0.2) is 4.98 Å². The number of benzene rings is 2. The van der Waals surface area contributed by atoms with Crippen LogP contribution in [0, 0.1) is 12.2 Å². The Morgan fingerprint density at radius 3 is 2.50 bits per heavy atom. The zero-order chi connectivity index (χ0) is 15.4. The van der Waals surface area contributed by atoms with E-state index in [-0.39, 0.29) is 5.82 Å². The molecule has 2 aromatic carbocycles. The Morgan fingerprint density at radius 2 is 1.73 bits per heavy atom. The molecule has 0 spiro atoms. The van der Waals surface area contributed by atoms with Gasteiger partial charge in [-0.3, -0.25) is 4.98 Å². The highest BCUT2D eigenvalue weighted by Crippen LogP contribution is 2.24. The van der Waals surface area contributed by atoms with E-state index < -0.39 is 0 Å². The van der Waals surface area contributed by atoms with Crippen LogP contribution < -0.4 is 4.74 Å². The molecule has 0 atom stereocenters. The molecule has 22 heavy (non-hydrogen) atoms. The van der Waals surface area contributed by atoms with Crippen molar-refractivity contribution in [3.8, 4) is 11.5 Å². The van der Waals surface area contributed by atoms with Crippen LogP contribution >= 0.6 is 11.6 Å². The maximum Gasteiger partial charge on any atom is 0.127 e. The molecule has 1 heterocycles. The van der Waals surface area contributed by atoms with Crippen LogP contribution in [0.3, 0.4) is 0 Å². The lowest BCUT2D eigenvalue weighted by Gasteiger charge is -2.08. The number of halogens is 2. The van der Waals surface area contributed by atoms with Gasteiger partial charge in [0.25, 0.3) is 0 Å². The number of nitrogens with zero attached hydrogens (tertiary/aromatic N) is 1. The smallest absolute Gasteiger partial charge is 0.127 e. The van der Waals surface area contributed by atoms with Crippen LogP contribution in [0.4, 0.5) is 4.39 Å². The molecule has 0 aliphatic heterocycles. The summed E-state index contributed by atoms with van der Waals surface area (Å²) in [5.74, 6) is 0.973. The van der Waals surface area contributed by atoms with Gasteiger partial charge in [-0.15, -0.1) is 0 Å². The van der Waals surface area contributed by atoms with Gasteiger partial charge in [-0.2, -0.15) is 0 Å². The minimum Gasteiger partial charge on any atom is -0.457 e. The Bertz CT molecular complexity index is 774. The van der Waals surface area contributed by atoms with Gasteiger partial charge in [0.2, 0.25) is 0 Å². The second-order valence-electron chi connectivity index (χ2n) is 4.71. The highest BCUT2D eigenvalue weighted by atomic mass is 35.5. The standard InChI is InChI=1S/C18H12ClFNO/c19-15-9-14(11-21-12-15)8-13-2-1-3-18(10-13)22-17-6-4-16(20)5-7-17/h1-12H. The van der Waals surface area contributed by atoms with Crippen molar-refractivity contribution in [2.45, 2.75) is 0 Å². The summed E-state index contributed by atoms with van der Waals surface area (Å²) in [4.78, 5) is 4.05. The molecular weight excluding hydrogens is 301 g/mol. The first-order chi connectivity index (χ1) is 10.7. The number of aromatic nitrogens is 1. The van der Waals surface area contributed by atoms with Crippen LogP contribution in [0.2, 0.25) is 5.02 Å². The SMILES string of the molecule is Fc1ccc(Oc2cccc([CH]c3cncc(Cl)c3)c2)cc1. The van der Waals surface area contributed by atoms with Crippen LogP contribution in [0.1, 0.15) is 11.1 Å². The van der Waals surface area contributed by atoms with Gasteiger partial charge in [0.1, 0.15) is 17.3 Å². The quantitative estimate of drug-likeness (QED) is 0.655. The summed E-state index contributed by atoms with van der Waals surface area (Å²) in [5.41, 5.74) is 1.87. The Morgan fingerprint density at radius 1 is 0.909 bits per heavy atom.